The van der Waals surface area contributed by atoms with Crippen molar-refractivity contribution in [3.05, 3.63) is 56.5 Å². The maximum absolute atomic E-state index is 12.2. The zero-order valence-corrected chi connectivity index (χ0v) is 13.6. The number of hydrogen-bond donors (Lipinski definition) is 1. The average molecular weight is 334 g/mol. The first kappa shape index (κ1) is 15.7. The number of rotatable bonds is 3. The molecule has 0 unspecified atom stereocenters. The molecule has 1 aromatic heterocycles. The molecule has 0 aliphatic carbocycles. The molecule has 23 heavy (non-hydrogen) atoms. The minimum atomic E-state index is -0.337. The van der Waals surface area contributed by atoms with Crippen LogP contribution in [-0.4, -0.2) is 15.7 Å². The van der Waals surface area contributed by atoms with Crippen molar-refractivity contribution in [1.82, 2.24) is 9.78 Å². The van der Waals surface area contributed by atoms with Gasteiger partial charge in [-0.2, -0.15) is 5.10 Å². The summed E-state index contributed by atoms with van der Waals surface area (Å²) in [6, 6.07) is 6.74. The van der Waals surface area contributed by atoms with Crippen LogP contribution in [-0.2, 0) is 22.7 Å². The number of carbonyl (C=O) groups excluding carboxylic acids is 1. The van der Waals surface area contributed by atoms with E-state index in [1.807, 2.05) is 13.8 Å². The molecule has 0 saturated carbocycles. The number of fused-ring (bicyclic) bond motifs is 1. The predicted molar refractivity (Wildman–Crippen MR) is 86.5 cm³/mol. The van der Waals surface area contributed by atoms with Crippen LogP contribution in [0.4, 0.5) is 5.69 Å². The fourth-order valence-electron chi connectivity index (χ4n) is 2.47. The Hall–Kier alpha value is -2.18. The molecule has 0 bridgehead atoms. The summed E-state index contributed by atoms with van der Waals surface area (Å²) < 4.78 is 6.58. The number of nitrogens with zero attached hydrogens (tertiary/aromatic N) is 2. The number of ether oxygens (including phenoxy) is 1. The zero-order valence-electron chi connectivity index (χ0n) is 12.8. The second-order valence-electron chi connectivity index (χ2n) is 5.46. The molecule has 1 aromatic carbocycles. The van der Waals surface area contributed by atoms with E-state index < -0.39 is 0 Å². The summed E-state index contributed by atoms with van der Waals surface area (Å²) in [6.45, 7) is 3.90. The van der Waals surface area contributed by atoms with Crippen molar-refractivity contribution in [2.24, 2.45) is 0 Å². The Morgan fingerprint density at radius 1 is 1.52 bits per heavy atom. The van der Waals surface area contributed by atoms with Gasteiger partial charge in [-0.25, -0.2) is 4.68 Å². The smallest absolute Gasteiger partial charge is 0.267 e. The summed E-state index contributed by atoms with van der Waals surface area (Å²) in [5.74, 6) is -0.337. The Morgan fingerprint density at radius 2 is 2.30 bits per heavy atom. The van der Waals surface area contributed by atoms with Crippen LogP contribution in [0, 0.1) is 6.92 Å². The van der Waals surface area contributed by atoms with Crippen molar-refractivity contribution in [2.75, 3.05) is 5.32 Å². The molecule has 0 radical (unpaired) electrons. The summed E-state index contributed by atoms with van der Waals surface area (Å²) in [7, 11) is 0. The quantitative estimate of drug-likeness (QED) is 0.936. The summed E-state index contributed by atoms with van der Waals surface area (Å²) in [5.41, 5.74) is 2.56. The van der Waals surface area contributed by atoms with Gasteiger partial charge in [0, 0.05) is 22.3 Å². The zero-order chi connectivity index (χ0) is 16.6. The largest absolute Gasteiger partial charge is 0.367 e. The molecule has 7 heteroatoms. The number of benzene rings is 1. The van der Waals surface area contributed by atoms with Gasteiger partial charge in [0.15, 0.2) is 0 Å². The van der Waals surface area contributed by atoms with Crippen molar-refractivity contribution >= 4 is 23.2 Å². The Bertz CT molecular complexity index is 832. The lowest BCUT2D eigenvalue weighted by Gasteiger charge is -2.11. The highest BCUT2D eigenvalue weighted by Gasteiger charge is 2.23. The van der Waals surface area contributed by atoms with Gasteiger partial charge in [0.2, 0.25) is 5.91 Å². The van der Waals surface area contributed by atoms with E-state index in [9.17, 15) is 9.59 Å². The monoisotopic (exact) mass is 333 g/mol. The van der Waals surface area contributed by atoms with Gasteiger partial charge in [0.05, 0.1) is 18.4 Å². The standard InChI is InChI=1S/C16H16ClN3O3/c1-9-12(17)4-3-5-13(9)18-14(21)7-20-15(22)6-11-8-23-10(2)16(11)19-20/h3-6,10H,7-8H2,1-2H3,(H,18,21)/t10-/m1/s1. The van der Waals surface area contributed by atoms with Crippen molar-refractivity contribution in [1.29, 1.82) is 0 Å². The molecular formula is C16H16ClN3O3. The number of aromatic nitrogens is 2. The van der Waals surface area contributed by atoms with E-state index in [1.54, 1.807) is 18.2 Å². The SMILES string of the molecule is Cc1c(Cl)cccc1NC(=O)Cn1nc2c(cc1=O)CO[C@@H]2C. The molecule has 2 aromatic rings. The number of amides is 1. The third kappa shape index (κ3) is 3.13. The van der Waals surface area contributed by atoms with Crippen LogP contribution in [0.2, 0.25) is 5.02 Å². The molecule has 1 aliphatic heterocycles. The molecule has 1 N–H and O–H groups in total. The lowest BCUT2D eigenvalue weighted by atomic mass is 10.2. The second kappa shape index (κ2) is 6.14. The Balaban J connectivity index is 1.80. The Labute approximate surface area is 138 Å². The lowest BCUT2D eigenvalue weighted by molar-refractivity contribution is -0.117. The van der Waals surface area contributed by atoms with E-state index in [0.29, 0.717) is 23.0 Å². The molecular weight excluding hydrogens is 318 g/mol. The third-order valence-corrected chi connectivity index (χ3v) is 4.23. The van der Waals surface area contributed by atoms with Gasteiger partial charge in [-0.05, 0) is 31.5 Å². The molecule has 0 spiro atoms. The van der Waals surface area contributed by atoms with Gasteiger partial charge in [0.25, 0.3) is 5.56 Å². The molecule has 120 valence electrons. The van der Waals surface area contributed by atoms with E-state index in [-0.39, 0.29) is 24.1 Å². The molecule has 1 amide bonds. The van der Waals surface area contributed by atoms with Crippen LogP contribution in [0.3, 0.4) is 0 Å². The van der Waals surface area contributed by atoms with E-state index in [1.165, 1.54) is 6.07 Å². The highest BCUT2D eigenvalue weighted by Crippen LogP contribution is 2.26. The minimum absolute atomic E-state index is 0.162. The molecule has 2 heterocycles. The summed E-state index contributed by atoms with van der Waals surface area (Å²) in [4.78, 5) is 24.2. The van der Waals surface area contributed by atoms with Crippen LogP contribution in [0.15, 0.2) is 29.1 Å². The third-order valence-electron chi connectivity index (χ3n) is 3.82. The van der Waals surface area contributed by atoms with E-state index in [0.717, 1.165) is 15.8 Å². The van der Waals surface area contributed by atoms with Gasteiger partial charge in [0.1, 0.15) is 6.54 Å². The highest BCUT2D eigenvalue weighted by molar-refractivity contribution is 6.31. The van der Waals surface area contributed by atoms with Gasteiger partial charge >= 0.3 is 0 Å². The van der Waals surface area contributed by atoms with Crippen LogP contribution in [0.25, 0.3) is 0 Å². The number of halogens is 1. The number of anilines is 1. The van der Waals surface area contributed by atoms with E-state index in [4.69, 9.17) is 16.3 Å². The van der Waals surface area contributed by atoms with Gasteiger partial charge in [-0.3, -0.25) is 9.59 Å². The normalized spacial score (nSPS) is 16.2. The number of carbonyl (C=O) groups is 1. The summed E-state index contributed by atoms with van der Waals surface area (Å²) in [5, 5.41) is 7.57. The molecule has 1 atom stereocenters. The van der Waals surface area contributed by atoms with E-state index >= 15 is 0 Å². The fraction of sp³-hybridized carbons (Fsp3) is 0.312. The average Bonchev–Trinajstić information content (AvgIpc) is 2.85. The second-order valence-corrected chi connectivity index (χ2v) is 5.87. The number of hydrogen-bond acceptors (Lipinski definition) is 4. The van der Waals surface area contributed by atoms with Crippen molar-refractivity contribution < 1.29 is 9.53 Å². The van der Waals surface area contributed by atoms with Gasteiger partial charge < -0.3 is 10.1 Å². The molecule has 1 aliphatic rings. The maximum atomic E-state index is 12.2. The minimum Gasteiger partial charge on any atom is -0.367 e. The van der Waals surface area contributed by atoms with Crippen LogP contribution >= 0.6 is 11.6 Å². The Morgan fingerprint density at radius 3 is 3.09 bits per heavy atom. The first-order valence-electron chi connectivity index (χ1n) is 7.23. The summed E-state index contributed by atoms with van der Waals surface area (Å²) in [6.07, 6.45) is -0.171. The molecule has 3 rings (SSSR count). The van der Waals surface area contributed by atoms with E-state index in [2.05, 4.69) is 10.4 Å². The maximum Gasteiger partial charge on any atom is 0.267 e. The van der Waals surface area contributed by atoms with Crippen LogP contribution in [0.1, 0.15) is 29.8 Å². The van der Waals surface area contributed by atoms with Gasteiger partial charge in [-0.15, -0.1) is 0 Å². The lowest BCUT2D eigenvalue weighted by Crippen LogP contribution is -2.30. The van der Waals surface area contributed by atoms with Crippen molar-refractivity contribution in [3.8, 4) is 0 Å². The highest BCUT2D eigenvalue weighted by atomic mass is 35.5. The van der Waals surface area contributed by atoms with Crippen LogP contribution < -0.4 is 10.9 Å². The van der Waals surface area contributed by atoms with Crippen molar-refractivity contribution in [3.63, 3.8) is 0 Å². The predicted octanol–water partition coefficient (Wildman–Crippen LogP) is 2.44. The Kier molecular flexibility index (Phi) is 4.19. The number of nitrogens with one attached hydrogen (secondary N) is 1. The van der Waals surface area contributed by atoms with Crippen LogP contribution in [0.5, 0.6) is 0 Å². The fourth-order valence-corrected chi connectivity index (χ4v) is 2.65. The molecule has 0 fully saturated rings. The summed E-state index contributed by atoms with van der Waals surface area (Å²) >= 11 is 6.03. The van der Waals surface area contributed by atoms with Crippen molar-refractivity contribution in [2.45, 2.75) is 33.1 Å². The van der Waals surface area contributed by atoms with Gasteiger partial charge in [-0.1, -0.05) is 17.7 Å². The molecule has 0 saturated heterocycles. The topological polar surface area (TPSA) is 73.2 Å². The first-order chi connectivity index (χ1) is 11.0. The molecule has 6 nitrogen and oxygen atoms in total. The first-order valence-corrected chi connectivity index (χ1v) is 7.61.